The first kappa shape index (κ1) is 20.6. The van der Waals surface area contributed by atoms with Gasteiger partial charge in [-0.15, -0.1) is 11.8 Å². The van der Waals surface area contributed by atoms with E-state index in [0.717, 1.165) is 11.1 Å². The van der Waals surface area contributed by atoms with Gasteiger partial charge in [0.1, 0.15) is 6.04 Å². The van der Waals surface area contributed by atoms with Crippen LogP contribution in [0.5, 0.6) is 0 Å². The van der Waals surface area contributed by atoms with Gasteiger partial charge in [0, 0.05) is 29.6 Å². The minimum atomic E-state index is -0.566. The number of nitro groups is 1. The van der Waals surface area contributed by atoms with Crippen molar-refractivity contribution < 1.29 is 14.5 Å². The molecule has 1 unspecified atom stereocenters. The Balaban J connectivity index is 1.68. The summed E-state index contributed by atoms with van der Waals surface area (Å²) >= 11 is 1.51. The van der Waals surface area contributed by atoms with Crippen molar-refractivity contribution >= 4 is 41.0 Å². The van der Waals surface area contributed by atoms with Crippen LogP contribution in [0.25, 0.3) is 6.08 Å². The number of rotatable bonds is 5. The molecular formula is C21H21N3O4S. The lowest BCUT2D eigenvalue weighted by atomic mass is 10.1. The van der Waals surface area contributed by atoms with Crippen LogP contribution in [0.3, 0.4) is 0 Å². The summed E-state index contributed by atoms with van der Waals surface area (Å²) in [4.78, 5) is 37.2. The third-order valence-corrected chi connectivity index (χ3v) is 5.75. The summed E-state index contributed by atoms with van der Waals surface area (Å²) in [5.41, 5.74) is 3.44. The van der Waals surface area contributed by atoms with Gasteiger partial charge in [-0.2, -0.15) is 0 Å². The van der Waals surface area contributed by atoms with Crippen LogP contribution in [0.1, 0.15) is 16.7 Å². The van der Waals surface area contributed by atoms with Crippen molar-refractivity contribution in [1.82, 2.24) is 4.90 Å². The molecule has 150 valence electrons. The number of aryl methyl sites for hydroxylation is 2. The number of benzene rings is 2. The van der Waals surface area contributed by atoms with E-state index < -0.39 is 11.0 Å². The van der Waals surface area contributed by atoms with Gasteiger partial charge in [-0.05, 0) is 48.7 Å². The molecule has 2 amide bonds. The first-order valence-corrected chi connectivity index (χ1v) is 10.2. The maximum Gasteiger partial charge on any atom is 0.270 e. The van der Waals surface area contributed by atoms with E-state index in [1.807, 2.05) is 32.0 Å². The van der Waals surface area contributed by atoms with Crippen LogP contribution in [-0.2, 0) is 9.59 Å². The summed E-state index contributed by atoms with van der Waals surface area (Å²) in [6.07, 6.45) is 2.87. The first-order chi connectivity index (χ1) is 13.8. The number of nitro benzene ring substituents is 1. The molecule has 1 N–H and O–H groups in total. The maximum atomic E-state index is 12.7. The zero-order valence-electron chi connectivity index (χ0n) is 16.1. The molecule has 0 bridgehead atoms. The molecule has 3 rings (SSSR count). The van der Waals surface area contributed by atoms with Crippen molar-refractivity contribution in [3.05, 3.63) is 75.3 Å². The molecule has 0 spiro atoms. The van der Waals surface area contributed by atoms with E-state index in [0.29, 0.717) is 22.9 Å². The van der Waals surface area contributed by atoms with E-state index in [-0.39, 0.29) is 17.5 Å². The Morgan fingerprint density at radius 2 is 2.00 bits per heavy atom. The summed E-state index contributed by atoms with van der Waals surface area (Å²) < 4.78 is 0. The monoisotopic (exact) mass is 411 g/mol. The number of nitrogens with zero attached hydrogens (tertiary/aromatic N) is 2. The predicted molar refractivity (Wildman–Crippen MR) is 115 cm³/mol. The molecular weight excluding hydrogens is 390 g/mol. The van der Waals surface area contributed by atoms with Gasteiger partial charge in [-0.1, -0.05) is 18.2 Å². The summed E-state index contributed by atoms with van der Waals surface area (Å²) in [6, 6.07) is 11.2. The van der Waals surface area contributed by atoms with Crippen molar-refractivity contribution in [2.75, 3.05) is 16.9 Å². The molecule has 1 fully saturated rings. The van der Waals surface area contributed by atoms with Crippen LogP contribution in [0.2, 0.25) is 0 Å². The molecule has 1 aliphatic rings. The normalized spacial score (nSPS) is 16.2. The Bertz CT molecular complexity index is 990. The van der Waals surface area contributed by atoms with Crippen LogP contribution < -0.4 is 5.32 Å². The minimum Gasteiger partial charge on any atom is -0.324 e. The fraction of sp³-hybridized carbons (Fsp3) is 0.238. The number of nitrogens with one attached hydrogen (secondary N) is 1. The fourth-order valence-electron chi connectivity index (χ4n) is 2.93. The first-order valence-electron chi connectivity index (χ1n) is 9.04. The Hall–Kier alpha value is -3.13. The molecule has 1 saturated heterocycles. The Labute approximate surface area is 172 Å². The van der Waals surface area contributed by atoms with Gasteiger partial charge < -0.3 is 10.2 Å². The minimum absolute atomic E-state index is 0.0398. The van der Waals surface area contributed by atoms with Crippen molar-refractivity contribution in [1.29, 1.82) is 0 Å². The quantitative estimate of drug-likeness (QED) is 0.459. The zero-order chi connectivity index (χ0) is 21.0. The fourth-order valence-corrected chi connectivity index (χ4v) is 4.09. The average molecular weight is 411 g/mol. The second-order valence-electron chi connectivity index (χ2n) is 6.80. The number of hydrogen-bond donors (Lipinski definition) is 1. The molecule has 29 heavy (non-hydrogen) atoms. The summed E-state index contributed by atoms with van der Waals surface area (Å²) in [6.45, 7) is 3.98. The second kappa shape index (κ2) is 8.91. The third kappa shape index (κ3) is 5.03. The molecule has 0 saturated carbocycles. The van der Waals surface area contributed by atoms with Gasteiger partial charge in [-0.3, -0.25) is 19.7 Å². The van der Waals surface area contributed by atoms with Gasteiger partial charge in [0.25, 0.3) is 5.69 Å². The number of thioether (sulfide) groups is 1. The van der Waals surface area contributed by atoms with Crippen molar-refractivity contribution in [3.8, 4) is 0 Å². The highest BCUT2D eigenvalue weighted by atomic mass is 32.2. The number of carbonyl (C=O) groups excluding carboxylic acids is 2. The summed E-state index contributed by atoms with van der Waals surface area (Å²) in [7, 11) is 0. The molecule has 8 heteroatoms. The number of anilines is 1. The van der Waals surface area contributed by atoms with E-state index in [2.05, 4.69) is 5.32 Å². The van der Waals surface area contributed by atoms with Crippen molar-refractivity contribution in [2.24, 2.45) is 0 Å². The smallest absolute Gasteiger partial charge is 0.270 e. The van der Waals surface area contributed by atoms with E-state index >= 15 is 0 Å². The van der Waals surface area contributed by atoms with Crippen LogP contribution in [0, 0.1) is 24.0 Å². The van der Waals surface area contributed by atoms with Gasteiger partial charge in [-0.25, -0.2) is 0 Å². The predicted octanol–water partition coefficient (Wildman–Crippen LogP) is 3.77. The lowest BCUT2D eigenvalue weighted by Gasteiger charge is -2.22. The average Bonchev–Trinajstić information content (AvgIpc) is 3.19. The number of amides is 2. The van der Waals surface area contributed by atoms with Crippen molar-refractivity contribution in [2.45, 2.75) is 19.9 Å². The molecule has 2 aromatic carbocycles. The topological polar surface area (TPSA) is 92.6 Å². The van der Waals surface area contributed by atoms with Gasteiger partial charge in [0.15, 0.2) is 0 Å². The highest BCUT2D eigenvalue weighted by Gasteiger charge is 2.33. The molecule has 0 radical (unpaired) electrons. The van der Waals surface area contributed by atoms with Crippen molar-refractivity contribution in [3.63, 3.8) is 0 Å². The van der Waals surface area contributed by atoms with E-state index in [4.69, 9.17) is 0 Å². The molecule has 1 atom stereocenters. The van der Waals surface area contributed by atoms with Gasteiger partial charge in [0.2, 0.25) is 11.8 Å². The molecule has 1 aliphatic heterocycles. The van der Waals surface area contributed by atoms with E-state index in [9.17, 15) is 19.7 Å². The third-order valence-electron chi connectivity index (χ3n) is 4.74. The van der Waals surface area contributed by atoms with Crippen LogP contribution >= 0.6 is 11.8 Å². The maximum absolute atomic E-state index is 12.7. The van der Waals surface area contributed by atoms with E-state index in [1.165, 1.54) is 40.9 Å². The highest BCUT2D eigenvalue weighted by Crippen LogP contribution is 2.24. The van der Waals surface area contributed by atoms with Gasteiger partial charge >= 0.3 is 0 Å². The molecule has 1 heterocycles. The van der Waals surface area contributed by atoms with E-state index in [1.54, 1.807) is 12.1 Å². The summed E-state index contributed by atoms with van der Waals surface area (Å²) in [5.74, 6) is 0.410. The second-order valence-corrected chi connectivity index (χ2v) is 7.80. The molecule has 0 aliphatic carbocycles. The number of hydrogen-bond acceptors (Lipinski definition) is 5. The standard InChI is InChI=1S/C21H21N3O4S/c1-14-6-8-17(10-15(14)2)22-21(26)19-12-29-13-23(19)20(25)9-7-16-4-3-5-18(11-16)24(27)28/h3-11,19H,12-13H2,1-2H3,(H,22,26)/b9-7+. The lowest BCUT2D eigenvalue weighted by Crippen LogP contribution is -2.43. The van der Waals surface area contributed by atoms with Gasteiger partial charge in [0.05, 0.1) is 10.8 Å². The largest absolute Gasteiger partial charge is 0.324 e. The lowest BCUT2D eigenvalue weighted by molar-refractivity contribution is -0.384. The molecule has 2 aromatic rings. The SMILES string of the molecule is Cc1ccc(NC(=O)C2CSCN2C(=O)/C=C/c2cccc([N+](=O)[O-])c2)cc1C. The Kier molecular flexibility index (Phi) is 6.33. The highest BCUT2D eigenvalue weighted by molar-refractivity contribution is 7.99. The summed E-state index contributed by atoms with van der Waals surface area (Å²) in [5, 5.41) is 13.8. The van der Waals surface area contributed by atoms with Crippen LogP contribution in [-0.4, -0.2) is 39.3 Å². The number of carbonyl (C=O) groups is 2. The molecule has 7 nitrogen and oxygen atoms in total. The van der Waals surface area contributed by atoms with Crippen LogP contribution in [0.4, 0.5) is 11.4 Å². The zero-order valence-corrected chi connectivity index (χ0v) is 16.9. The molecule has 0 aromatic heterocycles. The Morgan fingerprint density at radius 3 is 2.72 bits per heavy atom. The van der Waals surface area contributed by atoms with Crippen LogP contribution in [0.15, 0.2) is 48.5 Å². The Morgan fingerprint density at radius 1 is 1.21 bits per heavy atom. The number of non-ortho nitro benzene ring substituents is 1.